The van der Waals surface area contributed by atoms with Crippen molar-refractivity contribution in [2.24, 2.45) is 4.99 Å². The molecule has 0 saturated heterocycles. The third-order valence-corrected chi connectivity index (χ3v) is 6.98. The van der Waals surface area contributed by atoms with Crippen LogP contribution in [0.25, 0.3) is 10.1 Å². The molecule has 0 saturated carbocycles. The van der Waals surface area contributed by atoms with Gasteiger partial charge in [0.1, 0.15) is 10.6 Å². The zero-order chi connectivity index (χ0) is 19.0. The van der Waals surface area contributed by atoms with Crippen LogP contribution in [0.3, 0.4) is 0 Å². The summed E-state index contributed by atoms with van der Waals surface area (Å²) >= 11 is 9.38. The Morgan fingerprint density at radius 2 is 2.04 bits per heavy atom. The van der Waals surface area contributed by atoms with E-state index in [9.17, 15) is 4.79 Å². The lowest BCUT2D eigenvalue weighted by Gasteiger charge is -2.06. The Hall–Kier alpha value is -2.02. The minimum absolute atomic E-state index is 0.0248. The number of rotatable bonds is 3. The van der Waals surface area contributed by atoms with Gasteiger partial charge in [0.15, 0.2) is 5.17 Å². The van der Waals surface area contributed by atoms with Crippen molar-refractivity contribution in [3.05, 3.63) is 63.5 Å². The van der Waals surface area contributed by atoms with E-state index in [0.29, 0.717) is 15.1 Å². The molecule has 4 rings (SSSR count). The molecule has 1 amide bonds. The summed E-state index contributed by atoms with van der Waals surface area (Å²) in [5.74, 6) is 1.40. The lowest BCUT2D eigenvalue weighted by atomic mass is 10.1. The molecule has 1 aromatic heterocycles. The van der Waals surface area contributed by atoms with Gasteiger partial charge in [0.05, 0.1) is 18.2 Å². The molecule has 1 aliphatic heterocycles. The van der Waals surface area contributed by atoms with Gasteiger partial charge in [-0.2, -0.15) is 0 Å². The molecule has 3 aromatic rings. The van der Waals surface area contributed by atoms with E-state index < -0.39 is 0 Å². The standard InChI is InChI=1S/C20H17ClN2O2S2/c1-11-3-8-14-16(9-11)27-18(17(14)21)19(24)23-20-22-15(10-26-20)12-4-6-13(25-2)7-5-12/h3-9,15H,10H2,1-2H3,(H,22,23,24). The number of fused-ring (bicyclic) bond motifs is 1. The third kappa shape index (κ3) is 3.70. The number of hydrogen-bond donors (Lipinski definition) is 1. The Kier molecular flexibility index (Phi) is 5.12. The highest BCUT2D eigenvalue weighted by molar-refractivity contribution is 8.14. The molecule has 1 aliphatic rings. The molecule has 2 aromatic carbocycles. The molecule has 1 N–H and O–H groups in total. The van der Waals surface area contributed by atoms with Gasteiger partial charge in [-0.25, -0.2) is 0 Å². The quantitative estimate of drug-likeness (QED) is 0.618. The number of thiophene rings is 1. The van der Waals surface area contributed by atoms with Crippen molar-refractivity contribution >= 4 is 55.9 Å². The van der Waals surface area contributed by atoms with Crippen LogP contribution in [0.15, 0.2) is 47.5 Å². The van der Waals surface area contributed by atoms with Gasteiger partial charge in [0.2, 0.25) is 0 Å². The van der Waals surface area contributed by atoms with Gasteiger partial charge in [0, 0.05) is 15.8 Å². The predicted molar refractivity (Wildman–Crippen MR) is 115 cm³/mol. The van der Waals surface area contributed by atoms with E-state index in [-0.39, 0.29) is 11.9 Å². The van der Waals surface area contributed by atoms with Gasteiger partial charge in [-0.3, -0.25) is 9.79 Å². The van der Waals surface area contributed by atoms with Crippen LogP contribution in [0.4, 0.5) is 0 Å². The topological polar surface area (TPSA) is 50.7 Å². The van der Waals surface area contributed by atoms with E-state index in [1.807, 2.05) is 49.4 Å². The van der Waals surface area contributed by atoms with Crippen LogP contribution in [0.5, 0.6) is 5.75 Å². The molecule has 1 unspecified atom stereocenters. The maximum Gasteiger partial charge on any atom is 0.268 e. The molecular formula is C20H17ClN2O2S2. The van der Waals surface area contributed by atoms with E-state index in [1.54, 1.807) is 18.9 Å². The Morgan fingerprint density at radius 3 is 2.78 bits per heavy atom. The SMILES string of the molecule is COc1ccc(C2CSC(NC(=O)c3sc4cc(C)ccc4c3Cl)=N2)cc1. The second-order valence-electron chi connectivity index (χ2n) is 6.23. The van der Waals surface area contributed by atoms with Crippen molar-refractivity contribution in [3.63, 3.8) is 0 Å². The van der Waals surface area contributed by atoms with Crippen LogP contribution in [0.1, 0.15) is 26.8 Å². The Balaban J connectivity index is 1.52. The lowest BCUT2D eigenvalue weighted by Crippen LogP contribution is -2.26. The summed E-state index contributed by atoms with van der Waals surface area (Å²) in [6.45, 7) is 2.02. The summed E-state index contributed by atoms with van der Waals surface area (Å²) in [5, 5.41) is 4.95. The highest BCUT2D eigenvalue weighted by atomic mass is 35.5. The number of hydrogen-bond acceptors (Lipinski definition) is 5. The summed E-state index contributed by atoms with van der Waals surface area (Å²) in [7, 11) is 1.65. The number of amides is 1. The second kappa shape index (κ2) is 7.54. The van der Waals surface area contributed by atoms with Crippen LogP contribution >= 0.6 is 34.7 Å². The first kappa shape index (κ1) is 18.3. The summed E-state index contributed by atoms with van der Waals surface area (Å²) < 4.78 is 6.20. The fourth-order valence-electron chi connectivity index (χ4n) is 2.91. The van der Waals surface area contributed by atoms with Crippen LogP contribution in [0, 0.1) is 6.92 Å². The number of benzene rings is 2. The third-order valence-electron chi connectivity index (χ3n) is 4.36. The average molecular weight is 417 g/mol. The van der Waals surface area contributed by atoms with Crippen molar-refractivity contribution in [1.29, 1.82) is 0 Å². The highest BCUT2D eigenvalue weighted by Crippen LogP contribution is 2.36. The van der Waals surface area contributed by atoms with Crippen LogP contribution < -0.4 is 10.1 Å². The number of carbonyl (C=O) groups is 1. The normalized spacial score (nSPS) is 16.4. The summed E-state index contributed by atoms with van der Waals surface area (Å²) in [6, 6.07) is 13.9. The van der Waals surface area contributed by atoms with Gasteiger partial charge >= 0.3 is 0 Å². The molecule has 27 heavy (non-hydrogen) atoms. The second-order valence-corrected chi connectivity index (χ2v) is 8.67. The monoisotopic (exact) mass is 416 g/mol. The average Bonchev–Trinajstić information content (AvgIpc) is 3.26. The molecule has 0 aliphatic carbocycles. The zero-order valence-corrected chi connectivity index (χ0v) is 17.2. The molecule has 2 heterocycles. The van der Waals surface area contributed by atoms with Crippen LogP contribution in [-0.4, -0.2) is 23.9 Å². The number of nitrogens with zero attached hydrogens (tertiary/aromatic N) is 1. The molecule has 0 spiro atoms. The predicted octanol–water partition coefficient (Wildman–Crippen LogP) is 5.45. The first-order chi connectivity index (χ1) is 13.0. The van der Waals surface area contributed by atoms with Crippen molar-refractivity contribution in [2.75, 3.05) is 12.9 Å². The Labute approximate surface area is 170 Å². The molecule has 0 bridgehead atoms. The summed E-state index contributed by atoms with van der Waals surface area (Å²) in [6.07, 6.45) is 0. The zero-order valence-electron chi connectivity index (χ0n) is 14.8. The van der Waals surface area contributed by atoms with Gasteiger partial charge in [0.25, 0.3) is 5.91 Å². The maximum atomic E-state index is 12.7. The smallest absolute Gasteiger partial charge is 0.268 e. The van der Waals surface area contributed by atoms with Gasteiger partial charge in [-0.15, -0.1) is 11.3 Å². The molecule has 7 heteroatoms. The number of methoxy groups -OCH3 is 1. The lowest BCUT2D eigenvalue weighted by molar-refractivity contribution is 0.0982. The Morgan fingerprint density at radius 1 is 1.26 bits per heavy atom. The van der Waals surface area contributed by atoms with Crippen LogP contribution in [-0.2, 0) is 0 Å². The van der Waals surface area contributed by atoms with E-state index in [0.717, 1.165) is 32.7 Å². The van der Waals surface area contributed by atoms with Gasteiger partial charge in [-0.05, 0) is 36.2 Å². The molecule has 0 radical (unpaired) electrons. The number of halogens is 1. The number of thioether (sulfide) groups is 1. The molecule has 0 fully saturated rings. The van der Waals surface area contributed by atoms with Gasteiger partial charge in [-0.1, -0.05) is 47.6 Å². The number of aliphatic imine (C=N–C) groups is 1. The largest absolute Gasteiger partial charge is 0.497 e. The van der Waals surface area contributed by atoms with E-state index >= 15 is 0 Å². The highest BCUT2D eigenvalue weighted by Gasteiger charge is 2.24. The molecule has 1 atom stereocenters. The van der Waals surface area contributed by atoms with E-state index in [1.165, 1.54) is 11.3 Å². The molecule has 4 nitrogen and oxygen atoms in total. The fraction of sp³-hybridized carbons (Fsp3) is 0.200. The first-order valence-electron chi connectivity index (χ1n) is 8.39. The van der Waals surface area contributed by atoms with Crippen molar-refractivity contribution in [2.45, 2.75) is 13.0 Å². The minimum atomic E-state index is -0.208. The van der Waals surface area contributed by atoms with Crippen LogP contribution in [0.2, 0.25) is 5.02 Å². The summed E-state index contributed by atoms with van der Waals surface area (Å²) in [4.78, 5) is 17.9. The number of ether oxygens (including phenoxy) is 1. The van der Waals surface area contributed by atoms with Crippen molar-refractivity contribution in [3.8, 4) is 5.75 Å². The first-order valence-corrected chi connectivity index (χ1v) is 10.6. The van der Waals surface area contributed by atoms with E-state index in [2.05, 4.69) is 10.3 Å². The molecule has 138 valence electrons. The minimum Gasteiger partial charge on any atom is -0.497 e. The van der Waals surface area contributed by atoms with E-state index in [4.69, 9.17) is 16.3 Å². The van der Waals surface area contributed by atoms with Gasteiger partial charge < -0.3 is 10.1 Å². The number of amidine groups is 1. The number of nitrogens with one attached hydrogen (secondary N) is 1. The fourth-order valence-corrected chi connectivity index (χ4v) is 5.37. The maximum absolute atomic E-state index is 12.7. The Bertz CT molecular complexity index is 1040. The van der Waals surface area contributed by atoms with Crippen molar-refractivity contribution < 1.29 is 9.53 Å². The molecular weight excluding hydrogens is 400 g/mol. The number of carbonyl (C=O) groups excluding carboxylic acids is 1. The summed E-state index contributed by atoms with van der Waals surface area (Å²) in [5.41, 5.74) is 2.24. The number of aryl methyl sites for hydroxylation is 1. The van der Waals surface area contributed by atoms with Crippen molar-refractivity contribution in [1.82, 2.24) is 5.32 Å².